The van der Waals surface area contributed by atoms with Crippen molar-refractivity contribution in [2.75, 3.05) is 41.4 Å². The van der Waals surface area contributed by atoms with Gasteiger partial charge < -0.3 is 29.6 Å². The lowest BCUT2D eigenvalue weighted by molar-refractivity contribution is 0.339. The van der Waals surface area contributed by atoms with Crippen LogP contribution in [0.2, 0.25) is 0 Å². The predicted octanol–water partition coefficient (Wildman–Crippen LogP) is 3.93. The Morgan fingerprint density at radius 1 is 1.06 bits per heavy atom. The number of fused-ring (bicyclic) bond motifs is 1. The number of hydrogen-bond donors (Lipinski definition) is 2. The summed E-state index contributed by atoms with van der Waals surface area (Å²) < 4.78 is 10.8. The molecule has 0 aliphatic heterocycles. The molecule has 182 valence electrons. The van der Waals surface area contributed by atoms with Gasteiger partial charge in [-0.2, -0.15) is 0 Å². The summed E-state index contributed by atoms with van der Waals surface area (Å²) in [6.45, 7) is 4.15. The predicted molar refractivity (Wildman–Crippen MR) is 142 cm³/mol. The summed E-state index contributed by atoms with van der Waals surface area (Å²) in [7, 11) is 7.27. The summed E-state index contributed by atoms with van der Waals surface area (Å²) in [5.41, 5.74) is 2.35. The Hall–Kier alpha value is -3.10. The van der Waals surface area contributed by atoms with Gasteiger partial charge in [-0.3, -0.25) is 4.79 Å². The van der Waals surface area contributed by atoms with Crippen LogP contribution in [0.3, 0.4) is 0 Å². The minimum absolute atomic E-state index is 0.0525. The molecule has 1 atom stereocenters. The van der Waals surface area contributed by atoms with E-state index >= 15 is 0 Å². The molecule has 8 heteroatoms. The topological polar surface area (TPSA) is 69.8 Å². The van der Waals surface area contributed by atoms with Crippen molar-refractivity contribution in [2.45, 2.75) is 25.9 Å². The maximum Gasteiger partial charge on any atom is 0.253 e. The Labute approximate surface area is 206 Å². The number of aromatic nitrogens is 1. The number of methoxy groups -OCH3 is 2. The fourth-order valence-electron chi connectivity index (χ4n) is 3.83. The smallest absolute Gasteiger partial charge is 0.253 e. The second-order valence-corrected chi connectivity index (χ2v) is 8.97. The SMILES string of the molecule is COc1cc2cc(CN(CCCN(C)C)C(=S)N[C@@H](C)c3ccccc3)c(=O)[nH]c2cc1OC. The quantitative estimate of drug-likeness (QED) is 0.424. The molecule has 0 spiro atoms. The van der Waals surface area contributed by atoms with Crippen molar-refractivity contribution in [1.82, 2.24) is 20.1 Å². The zero-order valence-electron chi connectivity index (χ0n) is 20.6. The Morgan fingerprint density at radius 2 is 1.74 bits per heavy atom. The molecule has 0 amide bonds. The number of pyridine rings is 1. The van der Waals surface area contributed by atoms with Crippen molar-refractivity contribution in [3.8, 4) is 11.5 Å². The van der Waals surface area contributed by atoms with E-state index in [4.69, 9.17) is 21.7 Å². The molecule has 0 bridgehead atoms. The molecule has 1 aromatic heterocycles. The first-order valence-electron chi connectivity index (χ1n) is 11.4. The highest BCUT2D eigenvalue weighted by Gasteiger charge is 2.17. The van der Waals surface area contributed by atoms with E-state index in [1.54, 1.807) is 20.3 Å². The lowest BCUT2D eigenvalue weighted by Gasteiger charge is -2.28. The minimum Gasteiger partial charge on any atom is -0.493 e. The van der Waals surface area contributed by atoms with Crippen molar-refractivity contribution in [1.29, 1.82) is 0 Å². The van der Waals surface area contributed by atoms with Gasteiger partial charge in [0.25, 0.3) is 5.56 Å². The average molecular weight is 483 g/mol. The Morgan fingerprint density at radius 3 is 2.38 bits per heavy atom. The largest absolute Gasteiger partial charge is 0.493 e. The van der Waals surface area contributed by atoms with Gasteiger partial charge >= 0.3 is 0 Å². The van der Waals surface area contributed by atoms with E-state index < -0.39 is 0 Å². The molecule has 0 aliphatic rings. The first-order valence-corrected chi connectivity index (χ1v) is 11.8. The van der Waals surface area contributed by atoms with E-state index in [1.807, 2.05) is 44.4 Å². The fraction of sp³-hybridized carbons (Fsp3) is 0.385. The zero-order valence-corrected chi connectivity index (χ0v) is 21.4. The van der Waals surface area contributed by atoms with E-state index in [9.17, 15) is 4.79 Å². The van der Waals surface area contributed by atoms with E-state index in [0.717, 1.165) is 30.5 Å². The summed E-state index contributed by atoms with van der Waals surface area (Å²) in [5.74, 6) is 1.19. The van der Waals surface area contributed by atoms with Crippen molar-refractivity contribution in [3.05, 3.63) is 70.0 Å². The first kappa shape index (κ1) is 25.5. The number of benzene rings is 2. The number of ether oxygens (including phenoxy) is 2. The fourth-order valence-corrected chi connectivity index (χ4v) is 4.17. The van der Waals surface area contributed by atoms with Crippen molar-refractivity contribution >= 4 is 28.2 Å². The van der Waals surface area contributed by atoms with Gasteiger partial charge in [0.2, 0.25) is 0 Å². The lowest BCUT2D eigenvalue weighted by atomic mass is 10.1. The van der Waals surface area contributed by atoms with E-state index in [-0.39, 0.29) is 11.6 Å². The van der Waals surface area contributed by atoms with Gasteiger partial charge in [-0.25, -0.2) is 0 Å². The molecule has 0 aliphatic carbocycles. The highest BCUT2D eigenvalue weighted by Crippen LogP contribution is 2.31. The van der Waals surface area contributed by atoms with Crippen LogP contribution in [0.25, 0.3) is 10.9 Å². The standard InChI is InChI=1S/C26H34N4O3S/c1-18(19-10-7-6-8-11-19)27-26(34)30(13-9-12-29(2)3)17-21-14-20-15-23(32-4)24(33-5)16-22(20)28-25(21)31/h6-8,10-11,14-16,18H,9,12-13,17H2,1-5H3,(H,27,34)(H,28,31)/t18-/m0/s1. The molecular formula is C26H34N4O3S. The number of H-pyrrole nitrogens is 1. The van der Waals surface area contributed by atoms with Crippen LogP contribution in [0.5, 0.6) is 11.5 Å². The first-order chi connectivity index (χ1) is 16.3. The Bertz CT molecular complexity index is 1160. The van der Waals surface area contributed by atoms with Gasteiger partial charge in [-0.15, -0.1) is 0 Å². The number of thiocarbonyl (C=S) groups is 1. The maximum absolute atomic E-state index is 12.9. The summed E-state index contributed by atoms with van der Waals surface area (Å²) in [5, 5.41) is 4.94. The lowest BCUT2D eigenvalue weighted by Crippen LogP contribution is -2.42. The van der Waals surface area contributed by atoms with Gasteiger partial charge in [-0.1, -0.05) is 30.3 Å². The molecule has 7 nitrogen and oxygen atoms in total. The van der Waals surface area contributed by atoms with Gasteiger partial charge in [0.05, 0.1) is 32.3 Å². The monoisotopic (exact) mass is 482 g/mol. The highest BCUT2D eigenvalue weighted by molar-refractivity contribution is 7.80. The third-order valence-electron chi connectivity index (χ3n) is 5.75. The highest BCUT2D eigenvalue weighted by atomic mass is 32.1. The van der Waals surface area contributed by atoms with Gasteiger partial charge in [0, 0.05) is 23.6 Å². The molecule has 0 saturated heterocycles. The number of nitrogens with zero attached hydrogens (tertiary/aromatic N) is 2. The van der Waals surface area contributed by atoms with E-state index in [1.165, 1.54) is 0 Å². The van der Waals surface area contributed by atoms with Crippen LogP contribution in [0.15, 0.2) is 53.3 Å². The van der Waals surface area contributed by atoms with Gasteiger partial charge in [0.1, 0.15) is 0 Å². The minimum atomic E-state index is -0.142. The van der Waals surface area contributed by atoms with Crippen molar-refractivity contribution < 1.29 is 9.47 Å². The number of hydrogen-bond acceptors (Lipinski definition) is 5. The number of nitrogens with one attached hydrogen (secondary N) is 2. The third-order valence-corrected chi connectivity index (χ3v) is 6.12. The van der Waals surface area contributed by atoms with Crippen LogP contribution in [0.1, 0.15) is 30.5 Å². The second kappa shape index (κ2) is 11.9. The number of rotatable bonds is 10. The van der Waals surface area contributed by atoms with E-state index in [2.05, 4.69) is 39.2 Å². The summed E-state index contributed by atoms with van der Waals surface area (Å²) in [6, 6.07) is 15.8. The van der Waals surface area contributed by atoms with Crippen LogP contribution in [0.4, 0.5) is 0 Å². The second-order valence-electron chi connectivity index (χ2n) is 8.58. The maximum atomic E-state index is 12.9. The van der Waals surface area contributed by atoms with Gasteiger partial charge in [0.15, 0.2) is 16.6 Å². The molecule has 0 unspecified atom stereocenters. The molecule has 0 fully saturated rings. The Balaban J connectivity index is 1.86. The molecule has 0 radical (unpaired) electrons. The Kier molecular flexibility index (Phi) is 8.90. The molecule has 3 aromatic rings. The third kappa shape index (κ3) is 6.48. The molecular weight excluding hydrogens is 448 g/mol. The molecule has 2 N–H and O–H groups in total. The molecule has 0 saturated carbocycles. The molecule has 1 heterocycles. The van der Waals surface area contributed by atoms with Crippen molar-refractivity contribution in [2.24, 2.45) is 0 Å². The van der Waals surface area contributed by atoms with Crippen LogP contribution in [-0.4, -0.2) is 61.3 Å². The van der Waals surface area contributed by atoms with Gasteiger partial charge in [-0.05, 0) is 63.9 Å². The summed E-state index contributed by atoms with van der Waals surface area (Å²) in [4.78, 5) is 20.1. The molecule has 2 aromatic carbocycles. The summed E-state index contributed by atoms with van der Waals surface area (Å²) >= 11 is 5.79. The van der Waals surface area contributed by atoms with Crippen LogP contribution >= 0.6 is 12.2 Å². The normalized spacial score (nSPS) is 11.9. The van der Waals surface area contributed by atoms with Crippen LogP contribution in [0, 0.1) is 0 Å². The van der Waals surface area contributed by atoms with E-state index in [0.29, 0.717) is 34.2 Å². The molecule has 3 rings (SSSR count). The zero-order chi connectivity index (χ0) is 24.7. The summed E-state index contributed by atoms with van der Waals surface area (Å²) in [6.07, 6.45) is 0.922. The van der Waals surface area contributed by atoms with Crippen LogP contribution < -0.4 is 20.3 Å². The van der Waals surface area contributed by atoms with Crippen LogP contribution in [-0.2, 0) is 6.54 Å². The average Bonchev–Trinajstić information content (AvgIpc) is 2.83. The molecule has 34 heavy (non-hydrogen) atoms. The number of aromatic amines is 1. The van der Waals surface area contributed by atoms with Crippen molar-refractivity contribution in [3.63, 3.8) is 0 Å².